The smallest absolute Gasteiger partial charge is 0.0903 e. The maximum absolute atomic E-state index is 9.85. The molecule has 3 heteroatoms. The van der Waals surface area contributed by atoms with E-state index >= 15 is 0 Å². The second-order valence-corrected chi connectivity index (χ2v) is 2.55. The number of nitrogens with zero attached hydrogens (tertiary/aromatic N) is 2. The molecule has 0 aliphatic heterocycles. The van der Waals surface area contributed by atoms with Crippen LogP contribution in [0.15, 0.2) is 5.18 Å². The maximum Gasteiger partial charge on any atom is 0.0903 e. The van der Waals surface area contributed by atoms with E-state index in [9.17, 15) is 4.91 Å². The molecule has 1 unspecified atom stereocenters. The van der Waals surface area contributed by atoms with Gasteiger partial charge in [-0.05, 0) is 34.0 Å². The Balaban J connectivity index is 3.16. The number of nitroso groups, excluding NO2 is 1. The van der Waals surface area contributed by atoms with E-state index in [-0.39, 0.29) is 6.04 Å². The minimum atomic E-state index is -0.0348. The lowest BCUT2D eigenvalue weighted by atomic mass is 10.2. The molecule has 9 heavy (non-hydrogen) atoms. The molecule has 0 fully saturated rings. The van der Waals surface area contributed by atoms with Crippen LogP contribution in [-0.2, 0) is 0 Å². The van der Waals surface area contributed by atoms with Gasteiger partial charge in [0.05, 0.1) is 6.04 Å². The summed E-state index contributed by atoms with van der Waals surface area (Å²) in [6.45, 7) is 2.77. The molecule has 0 spiro atoms. The standard InChI is InChI=1S/C6H14N2O/c1-6(7-9)4-5-8(2)3/h6H,4-5H2,1-3H3. The van der Waals surface area contributed by atoms with E-state index in [1.807, 2.05) is 25.9 Å². The molecular weight excluding hydrogens is 116 g/mol. The molecule has 0 aliphatic carbocycles. The zero-order valence-corrected chi connectivity index (χ0v) is 6.29. The Bertz CT molecular complexity index is 83.1. The van der Waals surface area contributed by atoms with Gasteiger partial charge in [0.2, 0.25) is 0 Å². The molecule has 0 aliphatic rings. The van der Waals surface area contributed by atoms with Crippen LogP contribution in [0, 0.1) is 4.91 Å². The Morgan fingerprint density at radius 3 is 2.44 bits per heavy atom. The van der Waals surface area contributed by atoms with Gasteiger partial charge in [0.25, 0.3) is 0 Å². The Labute approximate surface area is 56.0 Å². The van der Waals surface area contributed by atoms with E-state index in [4.69, 9.17) is 0 Å². The van der Waals surface area contributed by atoms with Gasteiger partial charge in [-0.3, -0.25) is 0 Å². The van der Waals surface area contributed by atoms with Crippen molar-refractivity contribution in [3.63, 3.8) is 0 Å². The lowest BCUT2D eigenvalue weighted by molar-refractivity contribution is 0.386. The van der Waals surface area contributed by atoms with Crippen LogP contribution in [0.25, 0.3) is 0 Å². The number of rotatable bonds is 4. The minimum absolute atomic E-state index is 0.0348. The van der Waals surface area contributed by atoms with Gasteiger partial charge >= 0.3 is 0 Å². The van der Waals surface area contributed by atoms with Crippen LogP contribution >= 0.6 is 0 Å². The molecule has 0 aromatic rings. The van der Waals surface area contributed by atoms with E-state index < -0.39 is 0 Å². The van der Waals surface area contributed by atoms with E-state index in [1.54, 1.807) is 0 Å². The van der Waals surface area contributed by atoms with Crippen molar-refractivity contribution < 1.29 is 0 Å². The molecule has 0 amide bonds. The lowest BCUT2D eigenvalue weighted by Gasteiger charge is -2.08. The van der Waals surface area contributed by atoms with Crippen LogP contribution < -0.4 is 0 Å². The maximum atomic E-state index is 9.85. The van der Waals surface area contributed by atoms with Gasteiger partial charge in [-0.25, -0.2) is 0 Å². The molecule has 0 saturated heterocycles. The third-order valence-corrected chi connectivity index (χ3v) is 1.17. The van der Waals surface area contributed by atoms with Crippen molar-refractivity contribution in [1.29, 1.82) is 0 Å². The highest BCUT2D eigenvalue weighted by molar-refractivity contribution is 4.59. The SMILES string of the molecule is CC(CCN(C)C)N=O. The minimum Gasteiger partial charge on any atom is -0.309 e. The fraction of sp³-hybridized carbons (Fsp3) is 1.00. The van der Waals surface area contributed by atoms with Crippen molar-refractivity contribution in [2.24, 2.45) is 5.18 Å². The van der Waals surface area contributed by atoms with Crippen molar-refractivity contribution >= 4 is 0 Å². The predicted octanol–water partition coefficient (Wildman–Crippen LogP) is 1.09. The van der Waals surface area contributed by atoms with Crippen molar-refractivity contribution in [3.05, 3.63) is 4.91 Å². The highest BCUT2D eigenvalue weighted by Gasteiger charge is 1.99. The summed E-state index contributed by atoms with van der Waals surface area (Å²) in [7, 11) is 3.97. The zero-order valence-electron chi connectivity index (χ0n) is 6.29. The van der Waals surface area contributed by atoms with Gasteiger partial charge in [-0.1, -0.05) is 5.18 Å². The van der Waals surface area contributed by atoms with Gasteiger partial charge < -0.3 is 4.90 Å². The molecule has 1 atom stereocenters. The first-order valence-electron chi connectivity index (χ1n) is 3.14. The second-order valence-electron chi connectivity index (χ2n) is 2.55. The second kappa shape index (κ2) is 4.44. The van der Waals surface area contributed by atoms with E-state index in [0.717, 1.165) is 13.0 Å². The summed E-state index contributed by atoms with van der Waals surface area (Å²) in [6, 6.07) is -0.0348. The predicted molar refractivity (Wildman–Crippen MR) is 38.4 cm³/mol. The normalized spacial score (nSPS) is 13.8. The van der Waals surface area contributed by atoms with Crippen molar-refractivity contribution in [1.82, 2.24) is 4.90 Å². The molecule has 3 nitrogen and oxygen atoms in total. The summed E-state index contributed by atoms with van der Waals surface area (Å²) in [4.78, 5) is 11.9. The Morgan fingerprint density at radius 2 is 2.11 bits per heavy atom. The highest BCUT2D eigenvalue weighted by Crippen LogP contribution is 1.95. The van der Waals surface area contributed by atoms with Gasteiger partial charge in [0.1, 0.15) is 0 Å². The summed E-state index contributed by atoms with van der Waals surface area (Å²) >= 11 is 0. The van der Waals surface area contributed by atoms with Crippen LogP contribution in [0.2, 0.25) is 0 Å². The third kappa shape index (κ3) is 5.43. The van der Waals surface area contributed by atoms with Crippen molar-refractivity contribution in [2.45, 2.75) is 19.4 Å². The van der Waals surface area contributed by atoms with Gasteiger partial charge in [-0.15, -0.1) is 0 Å². The summed E-state index contributed by atoms with van der Waals surface area (Å²) < 4.78 is 0. The molecule has 0 rings (SSSR count). The molecule has 0 bridgehead atoms. The van der Waals surface area contributed by atoms with Gasteiger partial charge in [-0.2, -0.15) is 4.91 Å². The molecular formula is C6H14N2O. The van der Waals surface area contributed by atoms with E-state index in [1.165, 1.54) is 0 Å². The zero-order chi connectivity index (χ0) is 7.28. The molecule has 54 valence electrons. The lowest BCUT2D eigenvalue weighted by Crippen LogP contribution is -2.16. The first-order chi connectivity index (χ1) is 4.16. The summed E-state index contributed by atoms with van der Waals surface area (Å²) in [6.07, 6.45) is 0.858. The quantitative estimate of drug-likeness (QED) is 0.534. The van der Waals surface area contributed by atoms with Gasteiger partial charge in [0, 0.05) is 0 Å². The third-order valence-electron chi connectivity index (χ3n) is 1.17. The molecule has 0 aromatic heterocycles. The molecule has 0 aromatic carbocycles. The monoisotopic (exact) mass is 130 g/mol. The van der Waals surface area contributed by atoms with Crippen LogP contribution in [-0.4, -0.2) is 31.6 Å². The first-order valence-corrected chi connectivity index (χ1v) is 3.14. The Morgan fingerprint density at radius 1 is 1.56 bits per heavy atom. The molecule has 0 radical (unpaired) electrons. The Kier molecular flexibility index (Phi) is 4.22. The van der Waals surface area contributed by atoms with Crippen LogP contribution in [0.4, 0.5) is 0 Å². The van der Waals surface area contributed by atoms with Crippen molar-refractivity contribution in [3.8, 4) is 0 Å². The van der Waals surface area contributed by atoms with Crippen LogP contribution in [0.5, 0.6) is 0 Å². The summed E-state index contributed by atoms with van der Waals surface area (Å²) in [5.74, 6) is 0. The largest absolute Gasteiger partial charge is 0.309 e. The van der Waals surface area contributed by atoms with E-state index in [2.05, 4.69) is 5.18 Å². The van der Waals surface area contributed by atoms with Gasteiger partial charge in [0.15, 0.2) is 0 Å². The fourth-order valence-corrected chi connectivity index (χ4v) is 0.498. The number of hydrogen-bond donors (Lipinski definition) is 0. The van der Waals surface area contributed by atoms with Crippen LogP contribution in [0.1, 0.15) is 13.3 Å². The van der Waals surface area contributed by atoms with Crippen LogP contribution in [0.3, 0.4) is 0 Å². The fourth-order valence-electron chi connectivity index (χ4n) is 0.498. The Hall–Kier alpha value is -0.440. The van der Waals surface area contributed by atoms with Crippen molar-refractivity contribution in [2.75, 3.05) is 20.6 Å². The average Bonchev–Trinajstić information content (AvgIpc) is 1.83. The average molecular weight is 130 g/mol. The number of hydrogen-bond acceptors (Lipinski definition) is 3. The first kappa shape index (κ1) is 8.56. The highest BCUT2D eigenvalue weighted by atomic mass is 16.3. The summed E-state index contributed by atoms with van der Waals surface area (Å²) in [5.41, 5.74) is 0. The van der Waals surface area contributed by atoms with E-state index in [0.29, 0.717) is 0 Å². The molecule has 0 saturated carbocycles. The topological polar surface area (TPSA) is 32.7 Å². The molecule has 0 heterocycles. The molecule has 0 N–H and O–H groups in total. The summed E-state index contributed by atoms with van der Waals surface area (Å²) in [5, 5.41) is 2.88.